The molecule has 0 saturated heterocycles. The highest BCUT2D eigenvalue weighted by atomic mass is 19.4. The number of fused-ring (bicyclic) bond motifs is 1. The molecular formula is C27H29F5N4O. The summed E-state index contributed by atoms with van der Waals surface area (Å²) in [4.78, 5) is 15.2. The Morgan fingerprint density at radius 3 is 2.46 bits per heavy atom. The van der Waals surface area contributed by atoms with Gasteiger partial charge >= 0.3 is 6.18 Å². The van der Waals surface area contributed by atoms with Crippen molar-refractivity contribution in [3.05, 3.63) is 87.7 Å². The van der Waals surface area contributed by atoms with Crippen molar-refractivity contribution >= 4 is 5.91 Å². The summed E-state index contributed by atoms with van der Waals surface area (Å²) < 4.78 is 70.0. The SMILES string of the molecule is CCn1nc(C)c2c1CCN([C@@H](C(=O)NC)c1ccccc1)C2CCc1ccc(C(F)(F)F)c(F)c1F. The van der Waals surface area contributed by atoms with Crippen LogP contribution in [0.3, 0.4) is 0 Å². The fourth-order valence-electron chi connectivity index (χ4n) is 5.34. The van der Waals surface area contributed by atoms with Crippen molar-refractivity contribution in [3.8, 4) is 0 Å². The van der Waals surface area contributed by atoms with Crippen LogP contribution in [0.4, 0.5) is 22.0 Å². The number of nitrogens with zero attached hydrogens (tertiary/aromatic N) is 3. The normalized spacial score (nSPS) is 16.9. The molecule has 37 heavy (non-hydrogen) atoms. The van der Waals surface area contributed by atoms with Crippen LogP contribution >= 0.6 is 0 Å². The summed E-state index contributed by atoms with van der Waals surface area (Å²) in [7, 11) is 1.56. The Balaban J connectivity index is 1.75. The third-order valence-corrected chi connectivity index (χ3v) is 7.02. The zero-order chi connectivity index (χ0) is 26.9. The largest absolute Gasteiger partial charge is 0.419 e. The predicted molar refractivity (Wildman–Crippen MR) is 129 cm³/mol. The van der Waals surface area contributed by atoms with Crippen LogP contribution in [0, 0.1) is 18.6 Å². The van der Waals surface area contributed by atoms with E-state index in [1.54, 1.807) is 7.05 Å². The van der Waals surface area contributed by atoms with Crippen molar-refractivity contribution in [3.63, 3.8) is 0 Å². The molecule has 0 aliphatic carbocycles. The minimum Gasteiger partial charge on any atom is -0.358 e. The molecule has 2 aromatic carbocycles. The summed E-state index contributed by atoms with van der Waals surface area (Å²) in [6.07, 6.45) is -4.11. The number of aromatic nitrogens is 2. The first-order chi connectivity index (χ1) is 17.6. The molecular weight excluding hydrogens is 491 g/mol. The molecule has 1 unspecified atom stereocenters. The number of carbonyl (C=O) groups excluding carboxylic acids is 1. The van der Waals surface area contributed by atoms with E-state index in [1.165, 1.54) is 0 Å². The maximum atomic E-state index is 14.7. The first-order valence-corrected chi connectivity index (χ1v) is 12.2. The van der Waals surface area contributed by atoms with E-state index in [0.717, 1.165) is 28.6 Å². The van der Waals surface area contributed by atoms with E-state index in [2.05, 4.69) is 10.4 Å². The number of aryl methyl sites for hydroxylation is 3. The average Bonchev–Trinajstić information content (AvgIpc) is 3.21. The van der Waals surface area contributed by atoms with Crippen molar-refractivity contribution in [1.82, 2.24) is 20.0 Å². The van der Waals surface area contributed by atoms with E-state index >= 15 is 0 Å². The van der Waals surface area contributed by atoms with Gasteiger partial charge in [0, 0.05) is 43.9 Å². The van der Waals surface area contributed by atoms with Crippen molar-refractivity contribution in [2.24, 2.45) is 0 Å². The predicted octanol–water partition coefficient (Wildman–Crippen LogP) is 5.53. The molecule has 1 aliphatic heterocycles. The molecule has 1 amide bonds. The number of rotatable bonds is 7. The first kappa shape index (κ1) is 26.8. The van der Waals surface area contributed by atoms with Gasteiger partial charge in [0.2, 0.25) is 5.91 Å². The zero-order valence-corrected chi connectivity index (χ0v) is 20.9. The Morgan fingerprint density at radius 1 is 1.14 bits per heavy atom. The molecule has 4 rings (SSSR count). The molecule has 0 spiro atoms. The molecule has 1 aliphatic rings. The fourth-order valence-corrected chi connectivity index (χ4v) is 5.34. The smallest absolute Gasteiger partial charge is 0.358 e. The summed E-state index contributed by atoms with van der Waals surface area (Å²) in [6.45, 7) is 5.02. The van der Waals surface area contributed by atoms with Gasteiger partial charge in [-0.2, -0.15) is 18.3 Å². The maximum Gasteiger partial charge on any atom is 0.419 e. The minimum absolute atomic E-state index is 0.0203. The van der Waals surface area contributed by atoms with E-state index < -0.39 is 35.5 Å². The van der Waals surface area contributed by atoms with Crippen LogP contribution in [0.5, 0.6) is 0 Å². The van der Waals surface area contributed by atoms with E-state index in [1.807, 2.05) is 53.8 Å². The Hall–Kier alpha value is -3.27. The third-order valence-electron chi connectivity index (χ3n) is 7.02. The number of likely N-dealkylation sites (N-methyl/N-ethyl adjacent to an activating group) is 1. The summed E-state index contributed by atoms with van der Waals surface area (Å²) in [5, 5.41) is 7.38. The van der Waals surface area contributed by atoms with Gasteiger partial charge in [-0.05, 0) is 43.9 Å². The number of carbonyl (C=O) groups is 1. The van der Waals surface area contributed by atoms with Gasteiger partial charge in [0.05, 0.1) is 11.3 Å². The van der Waals surface area contributed by atoms with Gasteiger partial charge in [-0.1, -0.05) is 36.4 Å². The lowest BCUT2D eigenvalue weighted by molar-refractivity contribution is -0.140. The van der Waals surface area contributed by atoms with Gasteiger partial charge in [-0.25, -0.2) is 8.78 Å². The van der Waals surface area contributed by atoms with Crippen molar-refractivity contribution in [2.75, 3.05) is 13.6 Å². The average molecular weight is 521 g/mol. The van der Waals surface area contributed by atoms with E-state index in [9.17, 15) is 26.7 Å². The van der Waals surface area contributed by atoms with E-state index in [4.69, 9.17) is 0 Å². The van der Waals surface area contributed by atoms with Crippen molar-refractivity contribution in [1.29, 1.82) is 0 Å². The van der Waals surface area contributed by atoms with Crippen LogP contribution in [-0.2, 0) is 30.4 Å². The first-order valence-electron chi connectivity index (χ1n) is 12.2. The lowest BCUT2D eigenvalue weighted by Crippen LogP contribution is -2.45. The highest BCUT2D eigenvalue weighted by Crippen LogP contribution is 2.41. The molecule has 1 aromatic heterocycles. The number of hydrogen-bond donors (Lipinski definition) is 1. The summed E-state index contributed by atoms with van der Waals surface area (Å²) in [5.74, 6) is -3.61. The number of amides is 1. The molecule has 0 fully saturated rings. The standard InChI is InChI=1S/C27H29F5N4O/c1-4-36-21-14-15-35(25(26(37)33-3)18-8-6-5-7-9-18)20(22(21)16(2)34-36)13-11-17-10-12-19(27(30,31)32)24(29)23(17)28/h5-10,12,20,25H,4,11,13-15H2,1-3H3,(H,33,37)/t20?,25-/m1/s1. The second kappa shape index (κ2) is 10.6. The number of hydrogen-bond acceptors (Lipinski definition) is 3. The maximum absolute atomic E-state index is 14.7. The summed E-state index contributed by atoms with van der Waals surface area (Å²) in [6, 6.07) is 9.79. The van der Waals surface area contributed by atoms with Crippen LogP contribution in [0.1, 0.15) is 59.1 Å². The summed E-state index contributed by atoms with van der Waals surface area (Å²) >= 11 is 0. The molecule has 2 heterocycles. The molecule has 1 N–H and O–H groups in total. The lowest BCUT2D eigenvalue weighted by atomic mass is 9.88. The van der Waals surface area contributed by atoms with Crippen LogP contribution in [0.15, 0.2) is 42.5 Å². The molecule has 2 atom stereocenters. The number of benzene rings is 2. The van der Waals surface area contributed by atoms with Gasteiger partial charge < -0.3 is 5.32 Å². The molecule has 5 nitrogen and oxygen atoms in total. The van der Waals surface area contributed by atoms with Gasteiger partial charge in [0.1, 0.15) is 6.04 Å². The second-order valence-electron chi connectivity index (χ2n) is 9.13. The van der Waals surface area contributed by atoms with Crippen molar-refractivity contribution < 1.29 is 26.7 Å². The number of nitrogens with one attached hydrogen (secondary N) is 1. The quantitative estimate of drug-likeness (QED) is 0.417. The van der Waals surface area contributed by atoms with E-state index in [-0.39, 0.29) is 24.3 Å². The molecule has 0 saturated carbocycles. The highest BCUT2D eigenvalue weighted by molar-refractivity contribution is 5.83. The Morgan fingerprint density at radius 2 is 1.84 bits per heavy atom. The highest BCUT2D eigenvalue weighted by Gasteiger charge is 2.40. The van der Waals surface area contributed by atoms with Gasteiger partial charge in [-0.15, -0.1) is 0 Å². The number of halogens is 5. The molecule has 0 bridgehead atoms. The molecule has 3 aromatic rings. The van der Waals surface area contributed by atoms with Crippen LogP contribution in [0.25, 0.3) is 0 Å². The zero-order valence-electron chi connectivity index (χ0n) is 20.9. The molecule has 10 heteroatoms. The van der Waals surface area contributed by atoms with Gasteiger partial charge in [0.25, 0.3) is 0 Å². The summed E-state index contributed by atoms with van der Waals surface area (Å²) in [5.41, 5.74) is 1.72. The topological polar surface area (TPSA) is 50.2 Å². The van der Waals surface area contributed by atoms with Crippen LogP contribution in [-0.4, -0.2) is 34.2 Å². The minimum atomic E-state index is -4.99. The Kier molecular flexibility index (Phi) is 7.68. The Bertz CT molecular complexity index is 1270. The lowest BCUT2D eigenvalue weighted by Gasteiger charge is -2.41. The monoisotopic (exact) mass is 520 g/mol. The Labute approximate surface area is 212 Å². The fraction of sp³-hybridized carbons (Fsp3) is 0.407. The number of alkyl halides is 3. The van der Waals surface area contributed by atoms with Crippen LogP contribution < -0.4 is 5.32 Å². The second-order valence-corrected chi connectivity index (χ2v) is 9.13. The van der Waals surface area contributed by atoms with Gasteiger partial charge in [-0.3, -0.25) is 14.4 Å². The molecule has 198 valence electrons. The van der Waals surface area contributed by atoms with Gasteiger partial charge in [0.15, 0.2) is 11.6 Å². The van der Waals surface area contributed by atoms with E-state index in [0.29, 0.717) is 25.6 Å². The van der Waals surface area contributed by atoms with Crippen LogP contribution in [0.2, 0.25) is 0 Å². The van der Waals surface area contributed by atoms with Crippen molar-refractivity contribution in [2.45, 2.75) is 57.9 Å². The third kappa shape index (κ3) is 5.12. The molecule has 0 radical (unpaired) electrons.